The van der Waals surface area contributed by atoms with Crippen LogP contribution in [0.2, 0.25) is 0 Å². The molecule has 4 heterocycles. The second-order valence-electron chi connectivity index (χ2n) is 8.34. The van der Waals surface area contributed by atoms with Crippen LogP contribution in [-0.2, 0) is 4.74 Å². The average molecular weight is 429 g/mol. The maximum atomic E-state index is 5.50. The van der Waals surface area contributed by atoms with Crippen molar-refractivity contribution in [2.45, 2.75) is 19.9 Å². The number of hydrogen-bond donors (Lipinski definition) is 0. The van der Waals surface area contributed by atoms with E-state index in [0.29, 0.717) is 13.2 Å². The molecular weight excluding hydrogens is 400 g/mol. The summed E-state index contributed by atoms with van der Waals surface area (Å²) in [7, 11) is 2.02. The molecule has 1 fully saturated rings. The lowest BCUT2D eigenvalue weighted by Crippen LogP contribution is -2.37. The van der Waals surface area contributed by atoms with Gasteiger partial charge in [0.1, 0.15) is 11.3 Å². The third-order valence-corrected chi connectivity index (χ3v) is 6.23. The van der Waals surface area contributed by atoms with E-state index in [4.69, 9.17) is 14.7 Å². The number of benzene rings is 1. The SMILES string of the molecule is C=C1C(C)=CC(c2nc3cnc(N4CCOCC4)nc3n2[C@@H](C)c2ccccc2)=CN1C. The predicted molar refractivity (Wildman–Crippen MR) is 127 cm³/mol. The Bertz CT molecular complexity index is 1220. The van der Waals surface area contributed by atoms with Crippen molar-refractivity contribution in [1.82, 2.24) is 24.4 Å². The lowest BCUT2D eigenvalue weighted by molar-refractivity contribution is 0.122. The highest BCUT2D eigenvalue weighted by molar-refractivity contribution is 5.81. The first-order chi connectivity index (χ1) is 15.5. The monoisotopic (exact) mass is 428 g/mol. The summed E-state index contributed by atoms with van der Waals surface area (Å²) < 4.78 is 7.73. The van der Waals surface area contributed by atoms with E-state index >= 15 is 0 Å². The fraction of sp³-hybridized carbons (Fsp3) is 0.320. The second-order valence-corrected chi connectivity index (χ2v) is 8.34. The van der Waals surface area contributed by atoms with Gasteiger partial charge in [-0.25, -0.2) is 9.97 Å². The third-order valence-electron chi connectivity index (χ3n) is 6.23. The van der Waals surface area contributed by atoms with Gasteiger partial charge in [-0.05, 0) is 31.1 Å². The minimum absolute atomic E-state index is 0.0497. The molecule has 1 atom stereocenters. The molecule has 1 aromatic carbocycles. The number of ether oxygens (including phenoxy) is 1. The van der Waals surface area contributed by atoms with Gasteiger partial charge < -0.3 is 19.1 Å². The van der Waals surface area contributed by atoms with Crippen LogP contribution < -0.4 is 4.90 Å². The van der Waals surface area contributed by atoms with Crippen LogP contribution in [0.25, 0.3) is 16.7 Å². The molecule has 2 aliphatic rings. The van der Waals surface area contributed by atoms with E-state index in [-0.39, 0.29) is 6.04 Å². The van der Waals surface area contributed by atoms with Gasteiger partial charge in [-0.1, -0.05) is 36.9 Å². The molecule has 0 bridgehead atoms. The summed E-state index contributed by atoms with van der Waals surface area (Å²) in [6.45, 7) is 11.4. The Balaban J connectivity index is 1.69. The number of aromatic nitrogens is 4. The number of hydrogen-bond acceptors (Lipinski definition) is 6. The largest absolute Gasteiger partial charge is 0.378 e. The summed E-state index contributed by atoms with van der Waals surface area (Å²) >= 11 is 0. The molecule has 0 saturated carbocycles. The molecular formula is C25H28N6O. The molecule has 0 unspecified atom stereocenters. The Morgan fingerprint density at radius 1 is 1.09 bits per heavy atom. The van der Waals surface area contributed by atoms with Gasteiger partial charge in [-0.3, -0.25) is 0 Å². The van der Waals surface area contributed by atoms with E-state index in [1.807, 2.05) is 24.2 Å². The molecule has 1 saturated heterocycles. The zero-order valence-corrected chi connectivity index (χ0v) is 18.8. The number of rotatable bonds is 4. The summed E-state index contributed by atoms with van der Waals surface area (Å²) in [6, 6.07) is 10.5. The van der Waals surface area contributed by atoms with Gasteiger partial charge >= 0.3 is 0 Å². The number of morpholine rings is 1. The fourth-order valence-corrected chi connectivity index (χ4v) is 4.29. The summed E-state index contributed by atoms with van der Waals surface area (Å²) in [4.78, 5) is 18.8. The third kappa shape index (κ3) is 3.58. The first kappa shape index (κ1) is 20.5. The molecule has 0 radical (unpaired) electrons. The molecule has 2 aromatic heterocycles. The van der Waals surface area contributed by atoms with Crippen molar-refractivity contribution >= 4 is 22.7 Å². The van der Waals surface area contributed by atoms with Crippen LogP contribution >= 0.6 is 0 Å². The number of fused-ring (bicyclic) bond motifs is 1. The van der Waals surface area contributed by atoms with Crippen LogP contribution in [0, 0.1) is 0 Å². The van der Waals surface area contributed by atoms with E-state index < -0.39 is 0 Å². The molecule has 5 rings (SSSR count). The van der Waals surface area contributed by atoms with E-state index in [1.54, 1.807) is 0 Å². The Hall–Kier alpha value is -3.45. The van der Waals surface area contributed by atoms with Gasteiger partial charge in [0.25, 0.3) is 0 Å². The first-order valence-corrected chi connectivity index (χ1v) is 11.0. The molecule has 32 heavy (non-hydrogen) atoms. The van der Waals surface area contributed by atoms with Crippen molar-refractivity contribution in [3.05, 3.63) is 78.0 Å². The predicted octanol–water partition coefficient (Wildman–Crippen LogP) is 4.02. The Labute approximate surface area is 188 Å². The van der Waals surface area contributed by atoms with Gasteiger partial charge in [0.05, 0.1) is 25.5 Å². The van der Waals surface area contributed by atoms with E-state index in [2.05, 4.69) is 71.4 Å². The van der Waals surface area contributed by atoms with Gasteiger partial charge in [0, 0.05) is 37.6 Å². The van der Waals surface area contributed by atoms with Gasteiger partial charge in [-0.15, -0.1) is 0 Å². The number of anilines is 1. The van der Waals surface area contributed by atoms with Crippen LogP contribution in [0.15, 0.2) is 66.7 Å². The van der Waals surface area contributed by atoms with Crippen LogP contribution in [0.1, 0.15) is 31.3 Å². The standard InChI is InChI=1S/C25H28N6O/c1-17-14-21(16-29(4)18(17)2)23-27-22-15-26-25(30-10-12-32-13-11-30)28-24(22)31(23)19(3)20-8-6-5-7-9-20/h5-9,14-16,19H,2,10-13H2,1,3-4H3/t19-/m0/s1. The zero-order valence-electron chi connectivity index (χ0n) is 18.8. The van der Waals surface area contributed by atoms with Gasteiger partial charge in [0.15, 0.2) is 5.65 Å². The Morgan fingerprint density at radius 3 is 2.56 bits per heavy atom. The number of imidazole rings is 1. The number of nitrogens with zero attached hydrogens (tertiary/aromatic N) is 6. The van der Waals surface area contributed by atoms with Crippen LogP contribution in [0.4, 0.5) is 5.95 Å². The number of likely N-dealkylation sites (N-methyl/N-ethyl adjacent to an activating group) is 1. The minimum Gasteiger partial charge on any atom is -0.378 e. The van der Waals surface area contributed by atoms with Crippen molar-refractivity contribution < 1.29 is 4.74 Å². The Morgan fingerprint density at radius 2 is 1.84 bits per heavy atom. The quantitative estimate of drug-likeness (QED) is 0.626. The molecule has 3 aromatic rings. The second kappa shape index (κ2) is 8.24. The van der Waals surface area contributed by atoms with Crippen molar-refractivity contribution in [2.75, 3.05) is 38.3 Å². The Kier molecular flexibility index (Phi) is 5.27. The molecule has 0 amide bonds. The van der Waals surface area contributed by atoms with Gasteiger partial charge in [-0.2, -0.15) is 4.98 Å². The average Bonchev–Trinajstić information content (AvgIpc) is 3.21. The van der Waals surface area contributed by atoms with Crippen molar-refractivity contribution in [1.29, 1.82) is 0 Å². The minimum atomic E-state index is 0.0497. The smallest absolute Gasteiger partial charge is 0.227 e. The first-order valence-electron chi connectivity index (χ1n) is 11.0. The molecule has 0 aliphatic carbocycles. The van der Waals surface area contributed by atoms with E-state index in [9.17, 15) is 0 Å². The molecule has 0 N–H and O–H groups in total. The van der Waals surface area contributed by atoms with Crippen LogP contribution in [-0.4, -0.2) is 57.8 Å². The molecule has 0 spiro atoms. The number of allylic oxidation sites excluding steroid dienone is 3. The molecule has 7 nitrogen and oxygen atoms in total. The lowest BCUT2D eigenvalue weighted by atomic mass is 10.0. The van der Waals surface area contributed by atoms with Gasteiger partial charge in [0.2, 0.25) is 5.95 Å². The molecule has 2 aliphatic heterocycles. The normalized spacial score (nSPS) is 18.0. The van der Waals surface area contributed by atoms with E-state index in [1.165, 1.54) is 5.56 Å². The maximum Gasteiger partial charge on any atom is 0.227 e. The highest BCUT2D eigenvalue weighted by Gasteiger charge is 2.24. The lowest BCUT2D eigenvalue weighted by Gasteiger charge is -2.27. The van der Waals surface area contributed by atoms with Crippen LogP contribution in [0.5, 0.6) is 0 Å². The van der Waals surface area contributed by atoms with Crippen molar-refractivity contribution in [3.8, 4) is 0 Å². The fourth-order valence-electron chi connectivity index (χ4n) is 4.29. The van der Waals surface area contributed by atoms with Crippen LogP contribution in [0.3, 0.4) is 0 Å². The molecule has 7 heteroatoms. The highest BCUT2D eigenvalue weighted by Crippen LogP contribution is 2.33. The topological polar surface area (TPSA) is 59.3 Å². The molecule has 164 valence electrons. The summed E-state index contributed by atoms with van der Waals surface area (Å²) in [5, 5.41) is 0. The van der Waals surface area contributed by atoms with Crippen molar-refractivity contribution in [2.24, 2.45) is 0 Å². The zero-order chi connectivity index (χ0) is 22.2. The summed E-state index contributed by atoms with van der Waals surface area (Å²) in [5.41, 5.74) is 5.98. The maximum absolute atomic E-state index is 5.50. The van der Waals surface area contributed by atoms with E-state index in [0.717, 1.165) is 52.9 Å². The summed E-state index contributed by atoms with van der Waals surface area (Å²) in [5.74, 6) is 1.60. The highest BCUT2D eigenvalue weighted by atomic mass is 16.5. The summed E-state index contributed by atoms with van der Waals surface area (Å²) in [6.07, 6.45) is 6.07. The van der Waals surface area contributed by atoms with Crippen molar-refractivity contribution in [3.63, 3.8) is 0 Å².